The minimum Gasteiger partial charge on any atom is -0.372 e. The van der Waals surface area contributed by atoms with Gasteiger partial charge in [0.15, 0.2) is 0 Å². The van der Waals surface area contributed by atoms with Crippen molar-refractivity contribution in [3.63, 3.8) is 0 Å². The van der Waals surface area contributed by atoms with Gasteiger partial charge in [0.25, 0.3) is 5.56 Å². The van der Waals surface area contributed by atoms with Crippen LogP contribution in [0.5, 0.6) is 0 Å². The highest BCUT2D eigenvalue weighted by molar-refractivity contribution is 5.76. The van der Waals surface area contributed by atoms with Crippen molar-refractivity contribution in [1.29, 1.82) is 0 Å². The average Bonchev–Trinajstić information content (AvgIpc) is 2.87. The summed E-state index contributed by atoms with van der Waals surface area (Å²) in [6.45, 7) is 2.49. The Bertz CT molecular complexity index is 1360. The Balaban J connectivity index is 1.38. The zero-order valence-electron chi connectivity index (χ0n) is 18.4. The van der Waals surface area contributed by atoms with Gasteiger partial charge in [-0.05, 0) is 61.7 Å². The third-order valence-electron chi connectivity index (χ3n) is 5.81. The van der Waals surface area contributed by atoms with Crippen LogP contribution < -0.4 is 15.8 Å². The maximum absolute atomic E-state index is 12.5. The van der Waals surface area contributed by atoms with E-state index in [1.165, 1.54) is 31.0 Å². The lowest BCUT2D eigenvalue weighted by Gasteiger charge is -2.28. The molecule has 0 saturated carbocycles. The molecular formula is C27H25N5O. The van der Waals surface area contributed by atoms with Crippen molar-refractivity contribution < 1.29 is 0 Å². The molecule has 0 amide bonds. The van der Waals surface area contributed by atoms with Crippen LogP contribution in [0.3, 0.4) is 0 Å². The van der Waals surface area contributed by atoms with Gasteiger partial charge in [0.05, 0.1) is 6.54 Å². The number of nitrogens with zero attached hydrogens (tertiary/aromatic N) is 4. The molecule has 6 heteroatoms. The molecule has 2 aromatic carbocycles. The molecule has 1 N–H and O–H groups in total. The minimum atomic E-state index is -0.139. The predicted molar refractivity (Wildman–Crippen MR) is 133 cm³/mol. The fraction of sp³-hybridized carbons (Fsp3) is 0.222. The van der Waals surface area contributed by atoms with Gasteiger partial charge in [0.1, 0.15) is 5.65 Å². The monoisotopic (exact) mass is 435 g/mol. The summed E-state index contributed by atoms with van der Waals surface area (Å²) in [7, 11) is 0. The second kappa shape index (κ2) is 9.58. The Morgan fingerprint density at radius 3 is 2.48 bits per heavy atom. The average molecular weight is 436 g/mol. The SMILES string of the molecule is O=c1ccc2cnc(Nc3ccc(N4CCCCC4)cc3)nc2n1CC#Cc1ccccc1. The maximum atomic E-state index is 12.5. The van der Waals surface area contributed by atoms with Gasteiger partial charge >= 0.3 is 0 Å². The van der Waals surface area contributed by atoms with Crippen LogP contribution in [0.25, 0.3) is 11.0 Å². The number of rotatable bonds is 4. The number of benzene rings is 2. The van der Waals surface area contributed by atoms with Crippen molar-refractivity contribution >= 4 is 28.4 Å². The molecule has 1 aliphatic rings. The molecule has 33 heavy (non-hydrogen) atoms. The first kappa shape index (κ1) is 20.8. The minimum absolute atomic E-state index is 0.139. The molecule has 3 heterocycles. The zero-order valence-corrected chi connectivity index (χ0v) is 18.4. The van der Waals surface area contributed by atoms with Gasteiger partial charge in [-0.2, -0.15) is 4.98 Å². The molecule has 1 aliphatic heterocycles. The summed E-state index contributed by atoms with van der Waals surface area (Å²) in [5.74, 6) is 6.63. The van der Waals surface area contributed by atoms with Gasteiger partial charge in [0.2, 0.25) is 5.95 Å². The van der Waals surface area contributed by atoms with Crippen LogP contribution in [0.4, 0.5) is 17.3 Å². The van der Waals surface area contributed by atoms with Gasteiger partial charge in [0, 0.05) is 47.7 Å². The molecule has 0 unspecified atom stereocenters. The van der Waals surface area contributed by atoms with Crippen molar-refractivity contribution in [3.8, 4) is 11.8 Å². The van der Waals surface area contributed by atoms with Crippen LogP contribution in [0.15, 0.2) is 77.7 Å². The van der Waals surface area contributed by atoms with E-state index >= 15 is 0 Å². The quantitative estimate of drug-likeness (QED) is 0.476. The number of nitrogens with one attached hydrogen (secondary N) is 1. The Hall–Kier alpha value is -4.11. The number of piperidine rings is 1. The highest BCUT2D eigenvalue weighted by atomic mass is 16.1. The molecule has 1 fully saturated rings. The summed E-state index contributed by atoms with van der Waals surface area (Å²) < 4.78 is 1.58. The number of hydrogen-bond acceptors (Lipinski definition) is 5. The van der Waals surface area contributed by atoms with Crippen molar-refractivity contribution in [2.45, 2.75) is 25.8 Å². The summed E-state index contributed by atoms with van der Waals surface area (Å²) >= 11 is 0. The van der Waals surface area contributed by atoms with E-state index in [2.05, 4.69) is 44.2 Å². The van der Waals surface area contributed by atoms with Crippen molar-refractivity contribution in [2.75, 3.05) is 23.3 Å². The fourth-order valence-electron chi connectivity index (χ4n) is 4.06. The number of pyridine rings is 1. The second-order valence-corrected chi connectivity index (χ2v) is 8.12. The van der Waals surface area contributed by atoms with Gasteiger partial charge in [-0.3, -0.25) is 9.36 Å². The zero-order chi connectivity index (χ0) is 22.5. The second-order valence-electron chi connectivity index (χ2n) is 8.12. The van der Waals surface area contributed by atoms with Gasteiger partial charge < -0.3 is 10.2 Å². The summed E-state index contributed by atoms with van der Waals surface area (Å²) in [5, 5.41) is 4.06. The highest BCUT2D eigenvalue weighted by Gasteiger charge is 2.11. The molecule has 6 nitrogen and oxygen atoms in total. The van der Waals surface area contributed by atoms with E-state index in [-0.39, 0.29) is 12.1 Å². The van der Waals surface area contributed by atoms with Gasteiger partial charge in [-0.15, -0.1) is 0 Å². The first-order valence-electron chi connectivity index (χ1n) is 11.3. The molecule has 2 aromatic heterocycles. The molecule has 5 rings (SSSR count). The first-order valence-corrected chi connectivity index (χ1v) is 11.3. The predicted octanol–water partition coefficient (Wildman–Crippen LogP) is 4.58. The Kier molecular flexibility index (Phi) is 6.03. The first-order chi connectivity index (χ1) is 16.3. The van der Waals surface area contributed by atoms with E-state index in [0.29, 0.717) is 11.6 Å². The van der Waals surface area contributed by atoms with Gasteiger partial charge in [-0.25, -0.2) is 4.98 Å². The fourth-order valence-corrected chi connectivity index (χ4v) is 4.06. The largest absolute Gasteiger partial charge is 0.372 e. The number of anilines is 3. The smallest absolute Gasteiger partial charge is 0.253 e. The topological polar surface area (TPSA) is 63.1 Å². The Labute approximate surface area is 192 Å². The van der Waals surface area contributed by atoms with E-state index in [0.717, 1.165) is 29.7 Å². The van der Waals surface area contributed by atoms with Crippen LogP contribution in [0.1, 0.15) is 24.8 Å². The molecular weight excluding hydrogens is 410 g/mol. The van der Waals surface area contributed by atoms with Crippen LogP contribution in [-0.2, 0) is 6.54 Å². The summed E-state index contributed by atoms with van der Waals surface area (Å²) in [5.41, 5.74) is 3.48. The lowest BCUT2D eigenvalue weighted by atomic mass is 10.1. The third-order valence-corrected chi connectivity index (χ3v) is 5.81. The lowest BCUT2D eigenvalue weighted by Crippen LogP contribution is -2.29. The van der Waals surface area contributed by atoms with Crippen LogP contribution >= 0.6 is 0 Å². The van der Waals surface area contributed by atoms with Crippen LogP contribution in [0, 0.1) is 11.8 Å². The standard InChI is InChI=1S/C27H25N5O/c33-25-16-11-22-20-28-27(29-23-12-14-24(15-13-23)31-17-5-2-6-18-31)30-26(22)32(25)19-7-10-21-8-3-1-4-9-21/h1,3-4,8-9,11-16,20H,2,5-6,17-19H2,(H,28,29,30). The summed E-state index contributed by atoms with van der Waals surface area (Å²) in [6, 6.07) is 21.3. The van der Waals surface area contributed by atoms with E-state index in [1.54, 1.807) is 16.8 Å². The Morgan fingerprint density at radius 1 is 0.909 bits per heavy atom. The lowest BCUT2D eigenvalue weighted by molar-refractivity contribution is 0.578. The molecule has 0 bridgehead atoms. The molecule has 0 atom stereocenters. The van der Waals surface area contributed by atoms with Crippen molar-refractivity contribution in [2.24, 2.45) is 0 Å². The molecule has 164 valence electrons. The number of fused-ring (bicyclic) bond motifs is 1. The van der Waals surface area contributed by atoms with Crippen LogP contribution in [0.2, 0.25) is 0 Å². The van der Waals surface area contributed by atoms with Crippen LogP contribution in [-0.4, -0.2) is 27.6 Å². The molecule has 0 spiro atoms. The number of hydrogen-bond donors (Lipinski definition) is 1. The summed E-state index contributed by atoms with van der Waals surface area (Å²) in [4.78, 5) is 24.0. The summed E-state index contributed by atoms with van der Waals surface area (Å²) in [6.07, 6.45) is 5.55. The number of aromatic nitrogens is 3. The van der Waals surface area contributed by atoms with Gasteiger partial charge in [-0.1, -0.05) is 30.0 Å². The van der Waals surface area contributed by atoms with E-state index < -0.39 is 0 Å². The molecule has 1 saturated heterocycles. The van der Waals surface area contributed by atoms with E-state index in [4.69, 9.17) is 0 Å². The molecule has 4 aromatic rings. The normalized spacial score (nSPS) is 13.4. The molecule has 0 aliphatic carbocycles. The highest BCUT2D eigenvalue weighted by Crippen LogP contribution is 2.23. The van der Waals surface area contributed by atoms with Crippen molar-refractivity contribution in [3.05, 3.63) is 88.8 Å². The molecule has 0 radical (unpaired) electrons. The Morgan fingerprint density at radius 2 is 1.70 bits per heavy atom. The maximum Gasteiger partial charge on any atom is 0.253 e. The third kappa shape index (κ3) is 4.88. The van der Waals surface area contributed by atoms with E-state index in [9.17, 15) is 4.79 Å². The van der Waals surface area contributed by atoms with Crippen molar-refractivity contribution in [1.82, 2.24) is 14.5 Å². The van der Waals surface area contributed by atoms with E-state index in [1.807, 2.05) is 42.5 Å².